The van der Waals surface area contributed by atoms with Crippen LogP contribution in [0.1, 0.15) is 18.5 Å². The molecule has 3 aromatic carbocycles. The Labute approximate surface area is 204 Å². The van der Waals surface area contributed by atoms with Crippen LogP contribution in [0.2, 0.25) is 5.02 Å². The Morgan fingerprint density at radius 2 is 1.62 bits per heavy atom. The van der Waals surface area contributed by atoms with Gasteiger partial charge in [-0.15, -0.1) is 0 Å². The van der Waals surface area contributed by atoms with Crippen LogP contribution in [-0.2, 0) is 10.0 Å². The minimum absolute atomic E-state index is 0.00418. The van der Waals surface area contributed by atoms with Crippen LogP contribution in [-0.4, -0.2) is 43.8 Å². The summed E-state index contributed by atoms with van der Waals surface area (Å²) in [6, 6.07) is 20.7. The van der Waals surface area contributed by atoms with Crippen molar-refractivity contribution in [2.45, 2.75) is 17.9 Å². The number of nitrogens with zero attached hydrogens (tertiary/aromatic N) is 3. The van der Waals surface area contributed by atoms with Gasteiger partial charge in [-0.1, -0.05) is 41.9 Å². The number of benzene rings is 3. The van der Waals surface area contributed by atoms with Crippen molar-refractivity contribution in [3.8, 4) is 0 Å². The molecule has 34 heavy (non-hydrogen) atoms. The number of rotatable bonds is 7. The fraction of sp³-hybridized carbons (Fsp3) is 0.250. The van der Waals surface area contributed by atoms with Gasteiger partial charge in [0.05, 0.1) is 9.82 Å². The summed E-state index contributed by atoms with van der Waals surface area (Å²) in [6.07, 6.45) is 0. The molecule has 1 N–H and O–H groups in total. The molecular weight excluding hydrogens is 476 g/mol. The van der Waals surface area contributed by atoms with Crippen LogP contribution in [0, 0.1) is 10.1 Å². The first kappa shape index (κ1) is 24.0. The molecule has 3 aromatic rings. The molecule has 1 atom stereocenters. The third-order valence-corrected chi connectivity index (χ3v) is 8.07. The average molecular weight is 501 g/mol. The van der Waals surface area contributed by atoms with Gasteiger partial charge in [0.1, 0.15) is 5.69 Å². The van der Waals surface area contributed by atoms with E-state index in [4.69, 9.17) is 11.6 Å². The van der Waals surface area contributed by atoms with Crippen molar-refractivity contribution in [3.63, 3.8) is 0 Å². The van der Waals surface area contributed by atoms with E-state index in [0.29, 0.717) is 36.9 Å². The Hall–Kier alpha value is -3.14. The van der Waals surface area contributed by atoms with Crippen molar-refractivity contribution >= 4 is 38.7 Å². The second-order valence-electron chi connectivity index (χ2n) is 8.08. The van der Waals surface area contributed by atoms with E-state index in [0.717, 1.165) is 11.3 Å². The number of nitrogens with one attached hydrogen (secondary N) is 1. The average Bonchev–Trinajstić information content (AvgIpc) is 2.84. The van der Waals surface area contributed by atoms with Gasteiger partial charge in [-0.25, -0.2) is 8.42 Å². The van der Waals surface area contributed by atoms with Crippen LogP contribution in [0.4, 0.5) is 17.1 Å². The zero-order valence-electron chi connectivity index (χ0n) is 18.6. The van der Waals surface area contributed by atoms with Crippen molar-refractivity contribution in [1.29, 1.82) is 0 Å². The molecule has 10 heteroatoms. The Bertz CT molecular complexity index is 1260. The first-order valence-electron chi connectivity index (χ1n) is 10.9. The lowest BCUT2D eigenvalue weighted by atomic mass is 10.1. The van der Waals surface area contributed by atoms with Gasteiger partial charge in [0.2, 0.25) is 10.0 Å². The molecule has 178 valence electrons. The summed E-state index contributed by atoms with van der Waals surface area (Å²) < 4.78 is 27.4. The number of piperazine rings is 1. The predicted octanol–water partition coefficient (Wildman–Crippen LogP) is 4.93. The number of nitro groups is 1. The smallest absolute Gasteiger partial charge is 0.292 e. The van der Waals surface area contributed by atoms with Gasteiger partial charge in [0, 0.05) is 49.0 Å². The second-order valence-corrected chi connectivity index (χ2v) is 10.5. The molecule has 1 aliphatic rings. The summed E-state index contributed by atoms with van der Waals surface area (Å²) in [5.74, 6) is 0. The maximum atomic E-state index is 13.0. The first-order chi connectivity index (χ1) is 16.3. The van der Waals surface area contributed by atoms with Gasteiger partial charge < -0.3 is 10.2 Å². The van der Waals surface area contributed by atoms with Crippen LogP contribution in [0.3, 0.4) is 0 Å². The van der Waals surface area contributed by atoms with E-state index in [1.54, 1.807) is 24.3 Å². The minimum Gasteiger partial charge on any atom is -0.373 e. The molecule has 8 nitrogen and oxygen atoms in total. The normalized spacial score (nSPS) is 15.6. The zero-order chi connectivity index (χ0) is 24.3. The fourth-order valence-corrected chi connectivity index (χ4v) is 5.54. The first-order valence-corrected chi connectivity index (χ1v) is 12.7. The third-order valence-electron chi connectivity index (χ3n) is 5.90. The Kier molecular flexibility index (Phi) is 7.06. The van der Waals surface area contributed by atoms with E-state index >= 15 is 0 Å². The summed E-state index contributed by atoms with van der Waals surface area (Å²) in [6.45, 7) is 3.51. The molecular formula is C24H25ClN4O4S. The van der Waals surface area contributed by atoms with E-state index in [1.165, 1.54) is 22.5 Å². The number of hydrogen-bond donors (Lipinski definition) is 1. The Balaban J connectivity index is 1.50. The van der Waals surface area contributed by atoms with Gasteiger partial charge >= 0.3 is 0 Å². The minimum atomic E-state index is -3.61. The highest BCUT2D eigenvalue weighted by atomic mass is 35.5. The second kappa shape index (κ2) is 10.0. The van der Waals surface area contributed by atoms with Crippen molar-refractivity contribution in [1.82, 2.24) is 4.31 Å². The number of hydrogen-bond acceptors (Lipinski definition) is 6. The van der Waals surface area contributed by atoms with Gasteiger partial charge in [-0.2, -0.15) is 4.31 Å². The molecule has 0 radical (unpaired) electrons. The summed E-state index contributed by atoms with van der Waals surface area (Å²) in [5, 5.41) is 15.3. The third kappa shape index (κ3) is 5.16. The summed E-state index contributed by atoms with van der Waals surface area (Å²) >= 11 is 5.88. The largest absolute Gasteiger partial charge is 0.373 e. The highest BCUT2D eigenvalue weighted by molar-refractivity contribution is 7.89. The monoisotopic (exact) mass is 500 g/mol. The van der Waals surface area contributed by atoms with Crippen molar-refractivity contribution in [2.75, 3.05) is 36.4 Å². The molecule has 1 fully saturated rings. The zero-order valence-corrected chi connectivity index (χ0v) is 20.2. The quantitative estimate of drug-likeness (QED) is 0.365. The van der Waals surface area contributed by atoms with Crippen molar-refractivity contribution in [3.05, 3.63) is 93.5 Å². The lowest BCUT2D eigenvalue weighted by Gasteiger charge is -2.35. The van der Waals surface area contributed by atoms with E-state index in [-0.39, 0.29) is 16.6 Å². The Morgan fingerprint density at radius 3 is 2.24 bits per heavy atom. The predicted molar refractivity (Wildman–Crippen MR) is 134 cm³/mol. The Morgan fingerprint density at radius 1 is 0.971 bits per heavy atom. The van der Waals surface area contributed by atoms with Gasteiger partial charge in [0.25, 0.3) is 5.69 Å². The van der Waals surface area contributed by atoms with Gasteiger partial charge in [-0.3, -0.25) is 10.1 Å². The fourth-order valence-electron chi connectivity index (χ4n) is 4.00. The molecule has 1 saturated heterocycles. The molecule has 0 unspecified atom stereocenters. The SMILES string of the molecule is C[C@H](Nc1cc(N2CCN(S(=O)(=O)c3ccc(Cl)cc3)CC2)ccc1[N+](=O)[O-])c1ccccc1. The lowest BCUT2D eigenvalue weighted by molar-refractivity contribution is -0.384. The van der Waals surface area contributed by atoms with Crippen LogP contribution >= 0.6 is 11.6 Å². The maximum absolute atomic E-state index is 13.0. The van der Waals surface area contributed by atoms with E-state index in [1.807, 2.05) is 42.2 Å². The standard InChI is InChI=1S/C24H25ClN4O4S/c1-18(19-5-3-2-4-6-19)26-23-17-21(9-12-24(23)29(30)31)27-13-15-28(16-14-27)34(32,33)22-10-7-20(25)8-11-22/h2-12,17-18,26H,13-16H2,1H3/t18-/m0/s1. The van der Waals surface area contributed by atoms with Crippen LogP contribution in [0.25, 0.3) is 0 Å². The number of anilines is 2. The molecule has 0 aliphatic carbocycles. The lowest BCUT2D eigenvalue weighted by Crippen LogP contribution is -2.48. The summed E-state index contributed by atoms with van der Waals surface area (Å²) in [7, 11) is -3.61. The molecule has 0 aromatic heterocycles. The van der Waals surface area contributed by atoms with Crippen LogP contribution in [0.5, 0.6) is 0 Å². The van der Waals surface area contributed by atoms with Crippen molar-refractivity contribution in [2.24, 2.45) is 0 Å². The molecule has 0 amide bonds. The number of halogens is 1. The van der Waals surface area contributed by atoms with Gasteiger partial charge in [-0.05, 0) is 48.9 Å². The molecule has 4 rings (SSSR count). The maximum Gasteiger partial charge on any atom is 0.292 e. The topological polar surface area (TPSA) is 95.8 Å². The van der Waals surface area contributed by atoms with Gasteiger partial charge in [0.15, 0.2) is 0 Å². The van der Waals surface area contributed by atoms with Crippen LogP contribution in [0.15, 0.2) is 77.7 Å². The molecule has 0 saturated carbocycles. The van der Waals surface area contributed by atoms with Crippen LogP contribution < -0.4 is 10.2 Å². The van der Waals surface area contributed by atoms with Crippen molar-refractivity contribution < 1.29 is 13.3 Å². The summed E-state index contributed by atoms with van der Waals surface area (Å²) in [5.41, 5.74) is 2.24. The highest BCUT2D eigenvalue weighted by Gasteiger charge is 2.29. The highest BCUT2D eigenvalue weighted by Crippen LogP contribution is 2.33. The number of sulfonamides is 1. The molecule has 1 heterocycles. The molecule has 1 aliphatic heterocycles. The molecule has 0 spiro atoms. The molecule has 0 bridgehead atoms. The van der Waals surface area contributed by atoms with E-state index in [2.05, 4.69) is 5.32 Å². The number of nitro benzene ring substituents is 1. The van der Waals surface area contributed by atoms with E-state index in [9.17, 15) is 18.5 Å². The summed E-state index contributed by atoms with van der Waals surface area (Å²) in [4.78, 5) is 13.5. The van der Waals surface area contributed by atoms with E-state index < -0.39 is 14.9 Å².